The van der Waals surface area contributed by atoms with Crippen molar-refractivity contribution in [3.63, 3.8) is 0 Å². The lowest BCUT2D eigenvalue weighted by molar-refractivity contribution is 0.101. The van der Waals surface area contributed by atoms with Gasteiger partial charge in [0.2, 0.25) is 0 Å². The van der Waals surface area contributed by atoms with Gasteiger partial charge >= 0.3 is 0 Å². The number of nitrogens with zero attached hydrogens (tertiary/aromatic N) is 2. The van der Waals surface area contributed by atoms with Gasteiger partial charge in [-0.2, -0.15) is 0 Å². The first-order valence-corrected chi connectivity index (χ1v) is 7.65. The average Bonchev–Trinajstić information content (AvgIpc) is 2.63. The molecular formula is C19H16N4O2. The van der Waals surface area contributed by atoms with E-state index in [0.29, 0.717) is 16.9 Å². The smallest absolute Gasteiger partial charge is 0.278 e. The lowest BCUT2D eigenvalue weighted by atomic mass is 10.1. The molecule has 0 aliphatic rings. The number of anilines is 2. The van der Waals surface area contributed by atoms with E-state index in [1.165, 1.54) is 13.1 Å². The fraction of sp³-hybridized carbons (Fsp3) is 0.0526. The number of benzene rings is 2. The highest BCUT2D eigenvalue weighted by Crippen LogP contribution is 2.20. The molecule has 25 heavy (non-hydrogen) atoms. The Morgan fingerprint density at radius 3 is 2.32 bits per heavy atom. The summed E-state index contributed by atoms with van der Waals surface area (Å²) in [6, 6.07) is 16.0. The van der Waals surface area contributed by atoms with Crippen LogP contribution in [0.1, 0.15) is 27.8 Å². The highest BCUT2D eigenvalue weighted by Gasteiger charge is 2.15. The molecule has 1 amide bonds. The fourth-order valence-corrected chi connectivity index (χ4v) is 2.29. The van der Waals surface area contributed by atoms with Crippen LogP contribution in [0.15, 0.2) is 60.8 Å². The molecule has 0 radical (unpaired) electrons. The van der Waals surface area contributed by atoms with E-state index < -0.39 is 5.91 Å². The predicted octanol–water partition coefficient (Wildman–Crippen LogP) is 3.18. The van der Waals surface area contributed by atoms with E-state index >= 15 is 0 Å². The zero-order chi connectivity index (χ0) is 17.8. The van der Waals surface area contributed by atoms with E-state index in [2.05, 4.69) is 15.3 Å². The van der Waals surface area contributed by atoms with Crippen LogP contribution in [0, 0.1) is 0 Å². The SMILES string of the molecule is CC(=O)c1ccc(-c2cnc(N)c(C(=O)Nc3ccccc3)n2)cc1. The van der Waals surface area contributed by atoms with Gasteiger partial charge in [0.15, 0.2) is 17.3 Å². The highest BCUT2D eigenvalue weighted by atomic mass is 16.2. The van der Waals surface area contributed by atoms with Crippen molar-refractivity contribution in [3.05, 3.63) is 72.1 Å². The van der Waals surface area contributed by atoms with E-state index in [9.17, 15) is 9.59 Å². The topological polar surface area (TPSA) is 98.0 Å². The Labute approximate surface area is 144 Å². The number of nitrogens with one attached hydrogen (secondary N) is 1. The zero-order valence-electron chi connectivity index (χ0n) is 13.6. The second kappa shape index (κ2) is 6.92. The van der Waals surface area contributed by atoms with Gasteiger partial charge in [-0.05, 0) is 19.1 Å². The molecule has 1 heterocycles. The van der Waals surface area contributed by atoms with Crippen LogP contribution in [0.2, 0.25) is 0 Å². The molecule has 124 valence electrons. The van der Waals surface area contributed by atoms with Gasteiger partial charge in [0.25, 0.3) is 5.91 Å². The molecule has 3 aromatic rings. The van der Waals surface area contributed by atoms with Crippen molar-refractivity contribution in [3.8, 4) is 11.3 Å². The number of hydrogen-bond donors (Lipinski definition) is 2. The number of Topliss-reactive ketones (excluding diaryl/α,β-unsaturated/α-hetero) is 1. The van der Waals surface area contributed by atoms with Gasteiger partial charge in [0, 0.05) is 16.8 Å². The Morgan fingerprint density at radius 2 is 1.68 bits per heavy atom. The summed E-state index contributed by atoms with van der Waals surface area (Å²) >= 11 is 0. The first kappa shape index (κ1) is 16.3. The van der Waals surface area contributed by atoms with Gasteiger partial charge in [0.1, 0.15) is 0 Å². The number of aromatic nitrogens is 2. The molecular weight excluding hydrogens is 316 g/mol. The zero-order valence-corrected chi connectivity index (χ0v) is 13.6. The average molecular weight is 332 g/mol. The van der Waals surface area contributed by atoms with Crippen LogP contribution in [-0.2, 0) is 0 Å². The Morgan fingerprint density at radius 1 is 1.00 bits per heavy atom. The number of nitrogen functional groups attached to an aromatic ring is 1. The minimum Gasteiger partial charge on any atom is -0.382 e. The van der Waals surface area contributed by atoms with Crippen molar-refractivity contribution >= 4 is 23.2 Å². The van der Waals surface area contributed by atoms with Gasteiger partial charge in [-0.25, -0.2) is 9.97 Å². The summed E-state index contributed by atoms with van der Waals surface area (Å²) in [6.07, 6.45) is 1.50. The minimum absolute atomic E-state index is 0.0159. The summed E-state index contributed by atoms with van der Waals surface area (Å²) in [5, 5.41) is 2.74. The van der Waals surface area contributed by atoms with E-state index in [1.54, 1.807) is 36.4 Å². The molecule has 0 fully saturated rings. The standard InChI is InChI=1S/C19H16N4O2/c1-12(24)13-7-9-14(10-8-13)16-11-21-18(20)17(23-16)19(25)22-15-5-3-2-4-6-15/h2-11H,1H3,(H2,20,21)(H,22,25). The van der Waals surface area contributed by atoms with Crippen LogP contribution < -0.4 is 11.1 Å². The highest BCUT2D eigenvalue weighted by molar-refractivity contribution is 6.06. The van der Waals surface area contributed by atoms with Gasteiger partial charge in [-0.15, -0.1) is 0 Å². The van der Waals surface area contributed by atoms with Crippen molar-refractivity contribution in [2.24, 2.45) is 0 Å². The normalized spacial score (nSPS) is 10.3. The maximum Gasteiger partial charge on any atom is 0.278 e. The number of para-hydroxylation sites is 1. The molecule has 0 aliphatic heterocycles. The number of ketones is 1. The maximum atomic E-state index is 12.4. The molecule has 6 heteroatoms. The van der Waals surface area contributed by atoms with E-state index in [1.807, 2.05) is 18.2 Å². The van der Waals surface area contributed by atoms with Gasteiger partial charge in [-0.1, -0.05) is 42.5 Å². The summed E-state index contributed by atoms with van der Waals surface area (Å²) in [5.41, 5.74) is 8.35. The van der Waals surface area contributed by atoms with Crippen LogP contribution >= 0.6 is 0 Å². The van der Waals surface area contributed by atoms with Gasteiger partial charge in [-0.3, -0.25) is 9.59 Å². The van der Waals surface area contributed by atoms with Crippen molar-refractivity contribution in [1.29, 1.82) is 0 Å². The minimum atomic E-state index is -0.432. The Hall–Kier alpha value is -3.54. The van der Waals surface area contributed by atoms with E-state index in [-0.39, 0.29) is 17.3 Å². The molecule has 0 unspecified atom stereocenters. The monoisotopic (exact) mass is 332 g/mol. The number of rotatable bonds is 4. The Bertz CT molecular complexity index is 922. The molecule has 3 N–H and O–H groups in total. The summed E-state index contributed by atoms with van der Waals surface area (Å²) in [4.78, 5) is 32.2. The van der Waals surface area contributed by atoms with Crippen LogP contribution in [0.4, 0.5) is 11.5 Å². The van der Waals surface area contributed by atoms with Gasteiger partial charge < -0.3 is 11.1 Å². The van der Waals surface area contributed by atoms with Crippen LogP contribution in [0.3, 0.4) is 0 Å². The molecule has 2 aromatic carbocycles. The molecule has 0 spiro atoms. The Balaban J connectivity index is 1.90. The molecule has 6 nitrogen and oxygen atoms in total. The Kier molecular flexibility index (Phi) is 4.52. The molecule has 3 rings (SSSR count). The number of hydrogen-bond acceptors (Lipinski definition) is 5. The summed E-state index contributed by atoms with van der Waals surface area (Å²) in [7, 11) is 0. The second-order valence-corrected chi connectivity index (χ2v) is 5.44. The molecule has 0 saturated heterocycles. The fourth-order valence-electron chi connectivity index (χ4n) is 2.29. The summed E-state index contributed by atoms with van der Waals surface area (Å²) < 4.78 is 0. The summed E-state index contributed by atoms with van der Waals surface area (Å²) in [5.74, 6) is -0.395. The van der Waals surface area contributed by atoms with Crippen LogP contribution in [0.25, 0.3) is 11.3 Å². The summed E-state index contributed by atoms with van der Waals surface area (Å²) in [6.45, 7) is 1.50. The largest absolute Gasteiger partial charge is 0.382 e. The maximum absolute atomic E-state index is 12.4. The van der Waals surface area contributed by atoms with Crippen molar-refractivity contribution in [2.45, 2.75) is 6.92 Å². The number of nitrogens with two attached hydrogens (primary N) is 1. The molecule has 1 aromatic heterocycles. The number of carbonyl (C=O) groups is 2. The van der Waals surface area contributed by atoms with Crippen molar-refractivity contribution in [1.82, 2.24) is 9.97 Å². The van der Waals surface area contributed by atoms with Crippen molar-refractivity contribution in [2.75, 3.05) is 11.1 Å². The third-order valence-corrected chi connectivity index (χ3v) is 3.63. The molecule has 0 atom stereocenters. The van der Waals surface area contributed by atoms with E-state index in [4.69, 9.17) is 5.73 Å². The van der Waals surface area contributed by atoms with Crippen molar-refractivity contribution < 1.29 is 9.59 Å². The predicted molar refractivity (Wildman–Crippen MR) is 96.3 cm³/mol. The molecule has 0 saturated carbocycles. The molecule has 0 aliphatic carbocycles. The lowest BCUT2D eigenvalue weighted by Crippen LogP contribution is -2.17. The van der Waals surface area contributed by atoms with Crippen LogP contribution in [-0.4, -0.2) is 21.7 Å². The van der Waals surface area contributed by atoms with Gasteiger partial charge in [0.05, 0.1) is 11.9 Å². The number of carbonyl (C=O) groups excluding carboxylic acids is 2. The van der Waals surface area contributed by atoms with Crippen LogP contribution in [0.5, 0.6) is 0 Å². The number of amides is 1. The third kappa shape index (κ3) is 3.69. The first-order valence-electron chi connectivity index (χ1n) is 7.65. The lowest BCUT2D eigenvalue weighted by Gasteiger charge is -2.08. The molecule has 0 bridgehead atoms. The quantitative estimate of drug-likeness (QED) is 0.715. The second-order valence-electron chi connectivity index (χ2n) is 5.44. The third-order valence-electron chi connectivity index (χ3n) is 3.63. The van der Waals surface area contributed by atoms with E-state index in [0.717, 1.165) is 5.56 Å². The first-order chi connectivity index (χ1) is 12.0.